The number of carbonyl (C=O) groups is 2. The summed E-state index contributed by atoms with van der Waals surface area (Å²) in [6.45, 7) is 9.96. The summed E-state index contributed by atoms with van der Waals surface area (Å²) in [5.41, 5.74) is -1.08. The fourth-order valence-corrected chi connectivity index (χ4v) is 8.12. The number of aliphatic hydroxyl groups is 1. The maximum Gasteiger partial charge on any atom is 0.302 e. The molecule has 0 aromatic heterocycles. The molecule has 0 saturated heterocycles. The van der Waals surface area contributed by atoms with Gasteiger partial charge in [-0.25, -0.2) is 0 Å². The molecule has 2 bridgehead atoms. The third kappa shape index (κ3) is 3.07. The highest BCUT2D eigenvalue weighted by molar-refractivity contribution is 5.67. The van der Waals surface area contributed by atoms with Crippen LogP contribution in [-0.2, 0) is 19.1 Å². The van der Waals surface area contributed by atoms with Crippen LogP contribution in [0.25, 0.3) is 0 Å². The molecule has 5 rings (SSSR count). The van der Waals surface area contributed by atoms with Gasteiger partial charge in [0.2, 0.25) is 0 Å². The molecule has 0 heterocycles. The van der Waals surface area contributed by atoms with Crippen LogP contribution in [0.5, 0.6) is 0 Å². The summed E-state index contributed by atoms with van der Waals surface area (Å²) in [5.74, 6) is -0.289. The zero-order valence-corrected chi connectivity index (χ0v) is 18.5. The topological polar surface area (TPSA) is 72.8 Å². The molecule has 0 aliphatic heterocycles. The van der Waals surface area contributed by atoms with Crippen LogP contribution < -0.4 is 0 Å². The first-order valence-corrected chi connectivity index (χ1v) is 11.2. The number of esters is 2. The quantitative estimate of drug-likeness (QED) is 0.568. The summed E-state index contributed by atoms with van der Waals surface area (Å²) < 4.78 is 11.3. The fraction of sp³-hybridized carbons (Fsp3) is 0.833. The second-order valence-electron chi connectivity index (χ2n) is 11.2. The van der Waals surface area contributed by atoms with E-state index < -0.39 is 11.6 Å². The lowest BCUT2D eigenvalue weighted by Gasteiger charge is -2.69. The van der Waals surface area contributed by atoms with Crippen LogP contribution in [0, 0.1) is 34.0 Å². The number of hydrogen-bond acceptors (Lipinski definition) is 5. The number of hydrogen-bond donors (Lipinski definition) is 1. The van der Waals surface area contributed by atoms with Crippen LogP contribution in [0.2, 0.25) is 0 Å². The van der Waals surface area contributed by atoms with E-state index in [-0.39, 0.29) is 46.8 Å². The Hall–Kier alpha value is -1.36. The number of fused-ring (bicyclic) bond motifs is 2. The highest BCUT2D eigenvalue weighted by Crippen LogP contribution is 2.71. The van der Waals surface area contributed by atoms with E-state index in [1.54, 1.807) is 0 Å². The van der Waals surface area contributed by atoms with Gasteiger partial charge in [0, 0.05) is 25.7 Å². The number of allylic oxidation sites excluding steroid dienone is 1. The number of rotatable bonds is 3. The minimum Gasteiger partial charge on any atom is -0.463 e. The maximum atomic E-state index is 12.1. The molecular weight excluding hydrogens is 368 g/mol. The first kappa shape index (κ1) is 20.9. The normalized spacial score (nSPS) is 47.1. The van der Waals surface area contributed by atoms with Crippen LogP contribution in [-0.4, -0.2) is 35.4 Å². The molecule has 7 atom stereocenters. The Morgan fingerprint density at radius 1 is 1.10 bits per heavy atom. The molecule has 1 N–H and O–H groups in total. The Morgan fingerprint density at radius 2 is 1.83 bits per heavy atom. The predicted octanol–water partition coefficient (Wildman–Crippen LogP) is 4.03. The molecule has 3 fully saturated rings. The van der Waals surface area contributed by atoms with Gasteiger partial charge in [-0.1, -0.05) is 39.3 Å². The van der Waals surface area contributed by atoms with Crippen LogP contribution in [0.15, 0.2) is 12.2 Å². The van der Waals surface area contributed by atoms with Crippen molar-refractivity contribution in [1.82, 2.24) is 0 Å². The lowest BCUT2D eigenvalue weighted by atomic mass is 9.36. The van der Waals surface area contributed by atoms with E-state index >= 15 is 0 Å². The lowest BCUT2D eigenvalue weighted by Crippen LogP contribution is -2.70. The van der Waals surface area contributed by atoms with Crippen molar-refractivity contribution in [3.63, 3.8) is 0 Å². The summed E-state index contributed by atoms with van der Waals surface area (Å²) in [6, 6.07) is 0. The molecule has 5 aliphatic carbocycles. The Labute approximate surface area is 174 Å². The van der Waals surface area contributed by atoms with Crippen LogP contribution in [0.4, 0.5) is 0 Å². The van der Waals surface area contributed by atoms with Crippen LogP contribution in [0.3, 0.4) is 0 Å². The van der Waals surface area contributed by atoms with Gasteiger partial charge >= 0.3 is 11.9 Å². The van der Waals surface area contributed by atoms with Gasteiger partial charge in [0.1, 0.15) is 18.3 Å². The number of ether oxygens (including phenoxy) is 2. The lowest BCUT2D eigenvalue weighted by molar-refractivity contribution is -0.252. The molecule has 5 aliphatic rings. The standard InChI is InChI=1S/C24H36O5/c1-15(25)28-14-24(27)13-23-11-7-17(24)19(29-16(2)26)20(23)22(5)10-6-9-21(3,4)18(22)8-12-23/h7,11,17-20,27H,6,8-10,12-14H2,1-5H3/t17-,18+,19+,20-,22+,23+,24+/m0/s1. The maximum absolute atomic E-state index is 12.1. The van der Waals surface area contributed by atoms with E-state index in [4.69, 9.17) is 9.47 Å². The molecule has 162 valence electrons. The van der Waals surface area contributed by atoms with Crippen LogP contribution in [0.1, 0.15) is 73.1 Å². The summed E-state index contributed by atoms with van der Waals surface area (Å²) in [7, 11) is 0. The third-order valence-corrected chi connectivity index (χ3v) is 8.91. The van der Waals surface area contributed by atoms with E-state index in [1.807, 2.05) is 6.08 Å². The molecule has 0 aromatic rings. The van der Waals surface area contributed by atoms with E-state index in [1.165, 1.54) is 26.7 Å². The average Bonchev–Trinajstić information content (AvgIpc) is 2.58. The van der Waals surface area contributed by atoms with Crippen molar-refractivity contribution in [2.45, 2.75) is 84.8 Å². The summed E-state index contributed by atoms with van der Waals surface area (Å²) in [6.07, 6.45) is 10.2. The minimum atomic E-state index is -1.19. The van der Waals surface area contributed by atoms with E-state index in [0.29, 0.717) is 12.3 Å². The smallest absolute Gasteiger partial charge is 0.302 e. The van der Waals surface area contributed by atoms with Crippen LogP contribution >= 0.6 is 0 Å². The molecule has 0 radical (unpaired) electrons. The van der Waals surface area contributed by atoms with Gasteiger partial charge in [0.05, 0.1) is 0 Å². The second kappa shape index (κ2) is 6.57. The SMILES string of the molecule is CC(=O)OC[C@]1(O)C[C@]23C=C[C@H]1[C@@H](OC(C)=O)[C@H]2[C@]1(C)CCCC(C)(C)[C@H]1CC3. The van der Waals surface area contributed by atoms with Gasteiger partial charge in [-0.05, 0) is 54.3 Å². The fourth-order valence-electron chi connectivity index (χ4n) is 8.12. The molecule has 3 saturated carbocycles. The van der Waals surface area contributed by atoms with Gasteiger partial charge in [-0.2, -0.15) is 0 Å². The molecule has 5 nitrogen and oxygen atoms in total. The highest BCUT2D eigenvalue weighted by atomic mass is 16.6. The summed E-state index contributed by atoms with van der Waals surface area (Å²) in [5, 5.41) is 11.6. The second-order valence-corrected chi connectivity index (χ2v) is 11.2. The third-order valence-electron chi connectivity index (χ3n) is 8.91. The van der Waals surface area contributed by atoms with Crippen molar-refractivity contribution in [3.8, 4) is 0 Å². The zero-order valence-electron chi connectivity index (χ0n) is 18.5. The van der Waals surface area contributed by atoms with Crippen molar-refractivity contribution in [2.24, 2.45) is 34.0 Å². The van der Waals surface area contributed by atoms with Gasteiger partial charge in [0.25, 0.3) is 0 Å². The van der Waals surface area contributed by atoms with Gasteiger partial charge in [-0.15, -0.1) is 0 Å². The van der Waals surface area contributed by atoms with Crippen molar-refractivity contribution < 1.29 is 24.2 Å². The monoisotopic (exact) mass is 404 g/mol. The van der Waals surface area contributed by atoms with Crippen molar-refractivity contribution in [1.29, 1.82) is 0 Å². The van der Waals surface area contributed by atoms with E-state index in [0.717, 1.165) is 19.3 Å². The van der Waals surface area contributed by atoms with Gasteiger partial charge < -0.3 is 14.6 Å². The van der Waals surface area contributed by atoms with Crippen molar-refractivity contribution in [3.05, 3.63) is 12.2 Å². The van der Waals surface area contributed by atoms with Gasteiger partial charge in [-0.3, -0.25) is 9.59 Å². The average molecular weight is 405 g/mol. The molecule has 1 spiro atoms. The number of carbonyl (C=O) groups excluding carboxylic acids is 2. The molecule has 0 aromatic carbocycles. The van der Waals surface area contributed by atoms with E-state index in [2.05, 4.69) is 26.8 Å². The molecule has 29 heavy (non-hydrogen) atoms. The summed E-state index contributed by atoms with van der Waals surface area (Å²) >= 11 is 0. The summed E-state index contributed by atoms with van der Waals surface area (Å²) in [4.78, 5) is 23.6. The van der Waals surface area contributed by atoms with E-state index in [9.17, 15) is 14.7 Å². The Balaban J connectivity index is 1.78. The highest BCUT2D eigenvalue weighted by Gasteiger charge is 2.70. The zero-order chi connectivity index (χ0) is 21.2. The van der Waals surface area contributed by atoms with Crippen molar-refractivity contribution in [2.75, 3.05) is 6.61 Å². The first-order chi connectivity index (χ1) is 13.4. The minimum absolute atomic E-state index is 0.0464. The molecule has 0 amide bonds. The molecule has 0 unspecified atom stereocenters. The Kier molecular flexibility index (Phi) is 4.73. The van der Waals surface area contributed by atoms with Gasteiger partial charge in [0.15, 0.2) is 0 Å². The Morgan fingerprint density at radius 3 is 2.48 bits per heavy atom. The predicted molar refractivity (Wildman–Crippen MR) is 109 cm³/mol. The van der Waals surface area contributed by atoms with Crippen molar-refractivity contribution >= 4 is 11.9 Å². The first-order valence-electron chi connectivity index (χ1n) is 11.2. The molecule has 5 heteroatoms. The largest absolute Gasteiger partial charge is 0.463 e. The molecular formula is C24H36O5. The Bertz CT molecular complexity index is 742.